The van der Waals surface area contributed by atoms with Gasteiger partial charge in [-0.25, -0.2) is 0 Å². The van der Waals surface area contributed by atoms with Crippen LogP contribution in [0.5, 0.6) is 11.5 Å². The molecule has 0 bridgehead atoms. The standard InChI is InChI=1S/C14H18N2O4/c1-9(17)15-10-5-6-16(8-10)14(19)12-7-11(20-2)3-4-13(12)18/h3-4,7,10,18H,5-6,8H2,1-2H3,(H,15,17). The summed E-state index contributed by atoms with van der Waals surface area (Å²) in [5.74, 6) is 0.0883. The molecule has 108 valence electrons. The molecule has 2 rings (SSSR count). The fourth-order valence-corrected chi connectivity index (χ4v) is 2.33. The van der Waals surface area contributed by atoms with Gasteiger partial charge >= 0.3 is 0 Å². The van der Waals surface area contributed by atoms with Gasteiger partial charge in [-0.1, -0.05) is 0 Å². The lowest BCUT2D eigenvalue weighted by Crippen LogP contribution is -2.37. The molecular formula is C14H18N2O4. The van der Waals surface area contributed by atoms with E-state index in [1.165, 1.54) is 26.2 Å². The minimum atomic E-state index is -0.255. The molecular weight excluding hydrogens is 260 g/mol. The van der Waals surface area contributed by atoms with Gasteiger partial charge in [-0.05, 0) is 24.6 Å². The Morgan fingerprint density at radius 2 is 2.20 bits per heavy atom. The van der Waals surface area contributed by atoms with E-state index < -0.39 is 0 Å². The van der Waals surface area contributed by atoms with E-state index in [9.17, 15) is 14.7 Å². The monoisotopic (exact) mass is 278 g/mol. The molecule has 0 aromatic heterocycles. The molecule has 1 fully saturated rings. The van der Waals surface area contributed by atoms with Gasteiger partial charge in [0.2, 0.25) is 5.91 Å². The summed E-state index contributed by atoms with van der Waals surface area (Å²) in [6.07, 6.45) is 0.718. The molecule has 1 heterocycles. The lowest BCUT2D eigenvalue weighted by atomic mass is 10.1. The molecule has 20 heavy (non-hydrogen) atoms. The number of hydrogen-bond acceptors (Lipinski definition) is 4. The number of carbonyl (C=O) groups excluding carboxylic acids is 2. The number of phenols is 1. The molecule has 1 aromatic rings. The quantitative estimate of drug-likeness (QED) is 0.855. The number of likely N-dealkylation sites (tertiary alicyclic amines) is 1. The third-order valence-electron chi connectivity index (χ3n) is 3.32. The van der Waals surface area contributed by atoms with Crippen LogP contribution in [-0.2, 0) is 4.79 Å². The largest absolute Gasteiger partial charge is 0.507 e. The van der Waals surface area contributed by atoms with Crippen LogP contribution in [0, 0.1) is 0 Å². The first-order valence-corrected chi connectivity index (χ1v) is 6.44. The Morgan fingerprint density at radius 3 is 2.85 bits per heavy atom. The zero-order valence-corrected chi connectivity index (χ0v) is 11.5. The van der Waals surface area contributed by atoms with E-state index in [0.29, 0.717) is 18.8 Å². The molecule has 1 aliphatic rings. The van der Waals surface area contributed by atoms with Gasteiger partial charge in [-0.2, -0.15) is 0 Å². The van der Waals surface area contributed by atoms with Gasteiger partial charge in [0.25, 0.3) is 5.91 Å². The maximum atomic E-state index is 12.4. The molecule has 2 N–H and O–H groups in total. The number of rotatable bonds is 3. The first-order valence-electron chi connectivity index (χ1n) is 6.44. The number of nitrogens with zero attached hydrogens (tertiary/aromatic N) is 1. The molecule has 6 nitrogen and oxygen atoms in total. The zero-order chi connectivity index (χ0) is 14.7. The number of nitrogens with one attached hydrogen (secondary N) is 1. The van der Waals surface area contributed by atoms with Gasteiger partial charge in [0.05, 0.1) is 12.7 Å². The Balaban J connectivity index is 2.10. The van der Waals surface area contributed by atoms with Crippen LogP contribution in [0.1, 0.15) is 23.7 Å². The second-order valence-corrected chi connectivity index (χ2v) is 4.82. The molecule has 1 atom stereocenters. The highest BCUT2D eigenvalue weighted by Gasteiger charge is 2.28. The molecule has 0 saturated carbocycles. The second-order valence-electron chi connectivity index (χ2n) is 4.82. The Bertz CT molecular complexity index is 530. The van der Waals surface area contributed by atoms with Crippen LogP contribution in [0.2, 0.25) is 0 Å². The minimum Gasteiger partial charge on any atom is -0.507 e. The molecule has 2 amide bonds. The number of aromatic hydroxyl groups is 1. The van der Waals surface area contributed by atoms with E-state index >= 15 is 0 Å². The highest BCUT2D eigenvalue weighted by molar-refractivity contribution is 5.97. The van der Waals surface area contributed by atoms with Crippen molar-refractivity contribution in [2.24, 2.45) is 0 Å². The van der Waals surface area contributed by atoms with Crippen molar-refractivity contribution in [3.8, 4) is 11.5 Å². The molecule has 1 aromatic carbocycles. The maximum absolute atomic E-state index is 12.4. The predicted molar refractivity (Wildman–Crippen MR) is 72.8 cm³/mol. The summed E-state index contributed by atoms with van der Waals surface area (Å²) in [6, 6.07) is 4.52. The molecule has 6 heteroatoms. The smallest absolute Gasteiger partial charge is 0.257 e. The Morgan fingerprint density at radius 1 is 1.45 bits per heavy atom. The number of amides is 2. The van der Waals surface area contributed by atoms with Gasteiger partial charge < -0.3 is 20.1 Å². The first-order chi connectivity index (χ1) is 9.51. The van der Waals surface area contributed by atoms with Crippen molar-refractivity contribution in [1.29, 1.82) is 0 Å². The number of carbonyl (C=O) groups is 2. The van der Waals surface area contributed by atoms with Crippen LogP contribution in [0.25, 0.3) is 0 Å². The minimum absolute atomic E-state index is 0.0239. The summed E-state index contributed by atoms with van der Waals surface area (Å²) in [6.45, 7) is 2.47. The fourth-order valence-electron chi connectivity index (χ4n) is 2.33. The third kappa shape index (κ3) is 3.01. The number of hydrogen-bond donors (Lipinski definition) is 2. The molecule has 0 aliphatic carbocycles. The number of phenolic OH excluding ortho intramolecular Hbond substituents is 1. The lowest BCUT2D eigenvalue weighted by Gasteiger charge is -2.18. The third-order valence-corrected chi connectivity index (χ3v) is 3.32. The molecule has 0 spiro atoms. The van der Waals surface area contributed by atoms with E-state index in [1.807, 2.05) is 0 Å². The molecule has 1 saturated heterocycles. The number of methoxy groups -OCH3 is 1. The second kappa shape index (κ2) is 5.81. The summed E-state index contributed by atoms with van der Waals surface area (Å²) >= 11 is 0. The fraction of sp³-hybridized carbons (Fsp3) is 0.429. The van der Waals surface area contributed by atoms with Crippen molar-refractivity contribution in [1.82, 2.24) is 10.2 Å². The summed E-state index contributed by atoms with van der Waals surface area (Å²) in [5.41, 5.74) is 0.216. The van der Waals surface area contributed by atoms with E-state index in [1.54, 1.807) is 11.0 Å². The Hall–Kier alpha value is -2.24. The van der Waals surface area contributed by atoms with Gasteiger partial charge in [-0.15, -0.1) is 0 Å². The van der Waals surface area contributed by atoms with Gasteiger partial charge in [0.1, 0.15) is 11.5 Å². The normalized spacial score (nSPS) is 17.9. The summed E-state index contributed by atoms with van der Waals surface area (Å²) in [4.78, 5) is 25.0. The number of benzene rings is 1. The van der Waals surface area contributed by atoms with Gasteiger partial charge in [0, 0.05) is 26.1 Å². The summed E-state index contributed by atoms with van der Waals surface area (Å²) < 4.78 is 5.06. The van der Waals surface area contributed by atoms with E-state index in [2.05, 4.69) is 5.32 Å². The van der Waals surface area contributed by atoms with E-state index in [-0.39, 0.29) is 29.2 Å². The van der Waals surface area contributed by atoms with Crippen LogP contribution in [0.15, 0.2) is 18.2 Å². The van der Waals surface area contributed by atoms with Crippen LogP contribution >= 0.6 is 0 Å². The average molecular weight is 278 g/mol. The first kappa shape index (κ1) is 14.2. The molecule has 1 aliphatic heterocycles. The zero-order valence-electron chi connectivity index (χ0n) is 11.5. The number of ether oxygens (including phenoxy) is 1. The van der Waals surface area contributed by atoms with Crippen molar-refractivity contribution in [2.75, 3.05) is 20.2 Å². The lowest BCUT2D eigenvalue weighted by molar-refractivity contribution is -0.119. The summed E-state index contributed by atoms with van der Waals surface area (Å²) in [5, 5.41) is 12.6. The highest BCUT2D eigenvalue weighted by atomic mass is 16.5. The van der Waals surface area contributed by atoms with Crippen molar-refractivity contribution >= 4 is 11.8 Å². The molecule has 1 unspecified atom stereocenters. The van der Waals surface area contributed by atoms with Gasteiger partial charge in [-0.3, -0.25) is 9.59 Å². The van der Waals surface area contributed by atoms with Crippen LogP contribution in [0.4, 0.5) is 0 Å². The SMILES string of the molecule is COc1ccc(O)c(C(=O)N2CCC(NC(C)=O)C2)c1. The van der Waals surface area contributed by atoms with Crippen LogP contribution in [0.3, 0.4) is 0 Å². The maximum Gasteiger partial charge on any atom is 0.257 e. The highest BCUT2D eigenvalue weighted by Crippen LogP contribution is 2.25. The van der Waals surface area contributed by atoms with Crippen molar-refractivity contribution in [2.45, 2.75) is 19.4 Å². The van der Waals surface area contributed by atoms with E-state index in [4.69, 9.17) is 4.74 Å². The van der Waals surface area contributed by atoms with Crippen molar-refractivity contribution < 1.29 is 19.4 Å². The van der Waals surface area contributed by atoms with Crippen LogP contribution < -0.4 is 10.1 Å². The summed E-state index contributed by atoms with van der Waals surface area (Å²) in [7, 11) is 1.50. The molecule has 0 radical (unpaired) electrons. The van der Waals surface area contributed by atoms with Gasteiger partial charge in [0.15, 0.2) is 0 Å². The predicted octanol–water partition coefficient (Wildman–Crippen LogP) is 0.751. The Kier molecular flexibility index (Phi) is 4.12. The average Bonchev–Trinajstić information content (AvgIpc) is 2.86. The van der Waals surface area contributed by atoms with Crippen molar-refractivity contribution in [3.05, 3.63) is 23.8 Å². The van der Waals surface area contributed by atoms with Crippen LogP contribution in [-0.4, -0.2) is 48.1 Å². The topological polar surface area (TPSA) is 78.9 Å². The Labute approximate surface area is 117 Å². The van der Waals surface area contributed by atoms with E-state index in [0.717, 1.165) is 6.42 Å². The van der Waals surface area contributed by atoms with Crippen molar-refractivity contribution in [3.63, 3.8) is 0 Å².